The molecule has 2 aliphatic heterocycles. The quantitative estimate of drug-likeness (QED) is 0.542. The number of urea groups is 1. The monoisotopic (exact) mass is 534 g/mol. The maximum Gasteiger partial charge on any atom is 0.410 e. The van der Waals surface area contributed by atoms with Gasteiger partial charge in [-0.2, -0.15) is 5.10 Å². The van der Waals surface area contributed by atoms with E-state index in [0.717, 1.165) is 30.6 Å². The van der Waals surface area contributed by atoms with Gasteiger partial charge in [-0.1, -0.05) is 0 Å². The van der Waals surface area contributed by atoms with E-state index in [9.17, 15) is 9.59 Å². The van der Waals surface area contributed by atoms with Gasteiger partial charge in [-0.3, -0.25) is 9.80 Å². The Balaban J connectivity index is 1.20. The third-order valence-corrected chi connectivity index (χ3v) is 7.53. The standard InChI is InChI=1S/C27H34N8O4/c1-17-29-22-14-21(38-5)19(15-35(22)31-17)30-24(36)33-11-7-18-20(6-10-28-23(18)33)32-12-13-34(27(16-32)8-9-27)25(37)39-26(2,3)4/h6,10,14-15H,7-9,11-13,16H2,1-5H3,(H,30,36). The van der Waals surface area contributed by atoms with Crippen molar-refractivity contribution in [1.82, 2.24) is 24.5 Å². The van der Waals surface area contributed by atoms with Gasteiger partial charge in [-0.15, -0.1) is 0 Å². The van der Waals surface area contributed by atoms with Crippen molar-refractivity contribution in [3.05, 3.63) is 35.9 Å². The number of pyridine rings is 2. The number of anilines is 3. The van der Waals surface area contributed by atoms with Gasteiger partial charge in [0.15, 0.2) is 5.65 Å². The average Bonchev–Trinajstić information content (AvgIpc) is 3.31. The Bertz CT molecular complexity index is 1460. The number of nitrogens with zero attached hydrogens (tertiary/aromatic N) is 7. The van der Waals surface area contributed by atoms with Gasteiger partial charge in [-0.05, 0) is 53.0 Å². The highest BCUT2D eigenvalue weighted by molar-refractivity contribution is 6.03. The molecule has 1 saturated heterocycles. The van der Waals surface area contributed by atoms with Gasteiger partial charge >= 0.3 is 12.1 Å². The highest BCUT2D eigenvalue weighted by atomic mass is 16.6. The third kappa shape index (κ3) is 4.57. The SMILES string of the molecule is COc1cc2nc(C)nn2cc1NC(=O)N1CCc2c(N3CCN(C(=O)OC(C)(C)C)C4(CC4)C3)ccnc21. The lowest BCUT2D eigenvalue weighted by Gasteiger charge is -2.43. The summed E-state index contributed by atoms with van der Waals surface area (Å²) in [4.78, 5) is 41.2. The van der Waals surface area contributed by atoms with Gasteiger partial charge in [0.25, 0.3) is 0 Å². The van der Waals surface area contributed by atoms with Crippen molar-refractivity contribution in [2.24, 2.45) is 0 Å². The largest absolute Gasteiger partial charge is 0.494 e. The van der Waals surface area contributed by atoms with Crippen LogP contribution >= 0.6 is 0 Å². The number of hydrogen-bond donors (Lipinski definition) is 1. The normalized spacial score (nSPS) is 17.9. The van der Waals surface area contributed by atoms with E-state index in [4.69, 9.17) is 9.47 Å². The summed E-state index contributed by atoms with van der Waals surface area (Å²) in [6.45, 7) is 10.0. The van der Waals surface area contributed by atoms with Crippen LogP contribution in [0, 0.1) is 6.92 Å². The zero-order valence-corrected chi connectivity index (χ0v) is 23.0. The molecule has 0 unspecified atom stereocenters. The van der Waals surface area contributed by atoms with Crippen LogP contribution < -0.4 is 19.9 Å². The van der Waals surface area contributed by atoms with E-state index in [2.05, 4.69) is 25.3 Å². The fourth-order valence-corrected chi connectivity index (χ4v) is 5.59. The van der Waals surface area contributed by atoms with E-state index in [1.54, 1.807) is 35.0 Å². The summed E-state index contributed by atoms with van der Waals surface area (Å²) in [5.41, 5.74) is 2.54. The molecule has 0 atom stereocenters. The van der Waals surface area contributed by atoms with E-state index < -0.39 is 5.60 Å². The minimum Gasteiger partial charge on any atom is -0.494 e. The molecule has 12 nitrogen and oxygen atoms in total. The van der Waals surface area contributed by atoms with Gasteiger partial charge in [0, 0.05) is 49.7 Å². The number of piperazine rings is 1. The fraction of sp³-hybridized carbons (Fsp3) is 0.519. The van der Waals surface area contributed by atoms with Crippen LogP contribution in [0.2, 0.25) is 0 Å². The molecule has 3 aliphatic rings. The van der Waals surface area contributed by atoms with Crippen molar-refractivity contribution in [2.75, 3.05) is 48.4 Å². The molecule has 1 saturated carbocycles. The molecule has 3 aromatic heterocycles. The second kappa shape index (κ2) is 8.99. The summed E-state index contributed by atoms with van der Waals surface area (Å²) in [6.07, 6.45) is 5.83. The van der Waals surface area contributed by atoms with Crippen LogP contribution in [0.15, 0.2) is 24.5 Å². The minimum atomic E-state index is -0.524. The number of fused-ring (bicyclic) bond motifs is 2. The van der Waals surface area contributed by atoms with Crippen molar-refractivity contribution in [1.29, 1.82) is 0 Å². The zero-order chi connectivity index (χ0) is 27.5. The summed E-state index contributed by atoms with van der Waals surface area (Å²) in [5.74, 6) is 1.79. The van der Waals surface area contributed by atoms with Crippen LogP contribution in [0.1, 0.15) is 45.0 Å². The first kappa shape index (κ1) is 25.2. The lowest BCUT2D eigenvalue weighted by molar-refractivity contribution is 0.0106. The molecule has 206 valence electrons. The van der Waals surface area contributed by atoms with E-state index in [-0.39, 0.29) is 17.7 Å². The van der Waals surface area contributed by atoms with Crippen molar-refractivity contribution in [3.8, 4) is 5.75 Å². The first-order valence-corrected chi connectivity index (χ1v) is 13.3. The molecule has 1 N–H and O–H groups in total. The minimum absolute atomic E-state index is 0.193. The van der Waals surface area contributed by atoms with Crippen molar-refractivity contribution >= 4 is 35.0 Å². The van der Waals surface area contributed by atoms with Crippen LogP contribution in [-0.2, 0) is 11.2 Å². The Labute approximate surface area is 226 Å². The van der Waals surface area contributed by atoms with Crippen LogP contribution in [0.3, 0.4) is 0 Å². The van der Waals surface area contributed by atoms with Crippen molar-refractivity contribution < 1.29 is 19.1 Å². The second-order valence-corrected chi connectivity index (χ2v) is 11.5. The number of aryl methyl sites for hydroxylation is 1. The van der Waals surface area contributed by atoms with Gasteiger partial charge in [0.1, 0.15) is 28.7 Å². The molecule has 3 aromatic rings. The lowest BCUT2D eigenvalue weighted by Crippen LogP contribution is -2.58. The number of aromatic nitrogens is 4. The highest BCUT2D eigenvalue weighted by Gasteiger charge is 2.54. The number of carbonyl (C=O) groups is 2. The molecule has 5 heterocycles. The summed E-state index contributed by atoms with van der Waals surface area (Å²) in [7, 11) is 1.55. The Morgan fingerprint density at radius 3 is 2.67 bits per heavy atom. The maximum absolute atomic E-state index is 13.4. The molecule has 6 rings (SSSR count). The predicted octanol–water partition coefficient (Wildman–Crippen LogP) is 3.63. The molecular formula is C27H34N8O4. The Kier molecular flexibility index (Phi) is 5.81. The molecule has 0 radical (unpaired) electrons. The molecule has 1 spiro atoms. The van der Waals surface area contributed by atoms with Crippen molar-refractivity contribution in [2.45, 2.75) is 58.1 Å². The van der Waals surface area contributed by atoms with Crippen LogP contribution in [-0.4, -0.2) is 81.0 Å². The first-order chi connectivity index (χ1) is 18.6. The van der Waals surface area contributed by atoms with Crippen LogP contribution in [0.25, 0.3) is 5.65 Å². The van der Waals surface area contributed by atoms with E-state index in [1.165, 1.54) is 0 Å². The lowest BCUT2D eigenvalue weighted by atomic mass is 10.1. The zero-order valence-electron chi connectivity index (χ0n) is 23.0. The van der Waals surface area contributed by atoms with E-state index >= 15 is 0 Å². The molecule has 0 aromatic carbocycles. The van der Waals surface area contributed by atoms with Crippen LogP contribution in [0.5, 0.6) is 5.75 Å². The van der Waals surface area contributed by atoms with Gasteiger partial charge in [0.2, 0.25) is 0 Å². The topological polar surface area (TPSA) is 117 Å². The molecule has 3 amide bonds. The molecule has 1 aliphatic carbocycles. The number of carbonyl (C=O) groups excluding carboxylic acids is 2. The summed E-state index contributed by atoms with van der Waals surface area (Å²) < 4.78 is 12.8. The average molecular weight is 535 g/mol. The number of amides is 3. The van der Waals surface area contributed by atoms with Crippen molar-refractivity contribution in [3.63, 3.8) is 0 Å². The predicted molar refractivity (Wildman–Crippen MR) is 146 cm³/mol. The Morgan fingerprint density at radius 1 is 1.15 bits per heavy atom. The fourth-order valence-electron chi connectivity index (χ4n) is 5.59. The number of nitrogens with one attached hydrogen (secondary N) is 1. The van der Waals surface area contributed by atoms with Gasteiger partial charge in [0.05, 0.1) is 18.8 Å². The Morgan fingerprint density at radius 2 is 1.95 bits per heavy atom. The molecule has 0 bridgehead atoms. The summed E-state index contributed by atoms with van der Waals surface area (Å²) in [6, 6.07) is 3.47. The number of ether oxygens (including phenoxy) is 2. The van der Waals surface area contributed by atoms with E-state index in [1.807, 2.05) is 38.7 Å². The molecular weight excluding hydrogens is 500 g/mol. The number of methoxy groups -OCH3 is 1. The number of rotatable bonds is 3. The first-order valence-electron chi connectivity index (χ1n) is 13.3. The third-order valence-electron chi connectivity index (χ3n) is 7.53. The molecule has 12 heteroatoms. The number of hydrogen-bond acceptors (Lipinski definition) is 8. The summed E-state index contributed by atoms with van der Waals surface area (Å²) >= 11 is 0. The highest BCUT2D eigenvalue weighted by Crippen LogP contribution is 2.47. The summed E-state index contributed by atoms with van der Waals surface area (Å²) in [5, 5.41) is 7.30. The smallest absolute Gasteiger partial charge is 0.410 e. The van der Waals surface area contributed by atoms with E-state index in [0.29, 0.717) is 54.8 Å². The maximum atomic E-state index is 13.4. The van der Waals surface area contributed by atoms with Crippen LogP contribution in [0.4, 0.5) is 26.8 Å². The molecule has 2 fully saturated rings. The van der Waals surface area contributed by atoms with Gasteiger partial charge in [-0.25, -0.2) is 24.1 Å². The molecule has 39 heavy (non-hydrogen) atoms. The Hall–Kier alpha value is -4.09. The second-order valence-electron chi connectivity index (χ2n) is 11.5. The van der Waals surface area contributed by atoms with Gasteiger partial charge < -0.3 is 19.7 Å².